The number of carbonyl (C=O) groups is 1. The van der Waals surface area contributed by atoms with Crippen molar-refractivity contribution in [2.75, 3.05) is 18.4 Å². The fourth-order valence-corrected chi connectivity index (χ4v) is 2.47. The normalized spacial score (nSPS) is 15.9. The second-order valence-electron chi connectivity index (χ2n) is 6.18. The molecule has 0 aliphatic heterocycles. The molecule has 0 saturated heterocycles. The van der Waals surface area contributed by atoms with Crippen molar-refractivity contribution in [3.63, 3.8) is 0 Å². The SMILES string of the molecule is CCCNc1ncc(F)cc1C(=O)NCC1(C(C)C)CC1. The summed E-state index contributed by atoms with van der Waals surface area (Å²) in [6.45, 7) is 7.73. The second kappa shape index (κ2) is 6.41. The first-order valence-electron chi connectivity index (χ1n) is 7.66. The molecule has 0 aromatic carbocycles. The molecule has 5 heteroatoms. The van der Waals surface area contributed by atoms with Crippen LogP contribution in [0.2, 0.25) is 0 Å². The van der Waals surface area contributed by atoms with Gasteiger partial charge in [-0.05, 0) is 36.7 Å². The topological polar surface area (TPSA) is 54.0 Å². The molecule has 1 aliphatic carbocycles. The van der Waals surface area contributed by atoms with Gasteiger partial charge in [-0.15, -0.1) is 0 Å². The predicted octanol–water partition coefficient (Wildman–Crippen LogP) is 3.21. The Hall–Kier alpha value is -1.65. The lowest BCUT2D eigenvalue weighted by Gasteiger charge is -2.20. The molecule has 2 rings (SSSR count). The van der Waals surface area contributed by atoms with Crippen LogP contribution in [0.3, 0.4) is 0 Å². The number of aromatic nitrogens is 1. The molecule has 1 saturated carbocycles. The van der Waals surface area contributed by atoms with Crippen LogP contribution in [0.25, 0.3) is 0 Å². The molecule has 4 nitrogen and oxygen atoms in total. The van der Waals surface area contributed by atoms with Gasteiger partial charge in [-0.1, -0.05) is 20.8 Å². The van der Waals surface area contributed by atoms with Crippen LogP contribution in [0.1, 0.15) is 50.4 Å². The maximum Gasteiger partial charge on any atom is 0.255 e. The van der Waals surface area contributed by atoms with Crippen LogP contribution < -0.4 is 10.6 Å². The lowest BCUT2D eigenvalue weighted by atomic mass is 9.92. The summed E-state index contributed by atoms with van der Waals surface area (Å²) < 4.78 is 13.4. The van der Waals surface area contributed by atoms with Gasteiger partial charge in [-0.2, -0.15) is 0 Å². The van der Waals surface area contributed by atoms with E-state index in [2.05, 4.69) is 29.5 Å². The predicted molar refractivity (Wildman–Crippen MR) is 81.8 cm³/mol. The molecule has 0 spiro atoms. The lowest BCUT2D eigenvalue weighted by Crippen LogP contribution is -2.33. The monoisotopic (exact) mass is 293 g/mol. The second-order valence-corrected chi connectivity index (χ2v) is 6.18. The quantitative estimate of drug-likeness (QED) is 0.811. The van der Waals surface area contributed by atoms with Gasteiger partial charge in [0.15, 0.2) is 0 Å². The van der Waals surface area contributed by atoms with E-state index in [4.69, 9.17) is 0 Å². The minimum Gasteiger partial charge on any atom is -0.369 e. The smallest absolute Gasteiger partial charge is 0.255 e. The van der Waals surface area contributed by atoms with E-state index in [0.717, 1.165) is 25.5 Å². The van der Waals surface area contributed by atoms with E-state index in [1.54, 1.807) is 0 Å². The summed E-state index contributed by atoms with van der Waals surface area (Å²) in [7, 11) is 0. The molecule has 0 atom stereocenters. The number of anilines is 1. The number of rotatable bonds is 7. The molecule has 1 aromatic heterocycles. The van der Waals surface area contributed by atoms with Crippen LogP contribution in [-0.4, -0.2) is 24.0 Å². The van der Waals surface area contributed by atoms with Gasteiger partial charge in [0.05, 0.1) is 11.8 Å². The molecular weight excluding hydrogens is 269 g/mol. The van der Waals surface area contributed by atoms with Crippen LogP contribution >= 0.6 is 0 Å². The summed E-state index contributed by atoms with van der Waals surface area (Å²) >= 11 is 0. The van der Waals surface area contributed by atoms with Gasteiger partial charge >= 0.3 is 0 Å². The van der Waals surface area contributed by atoms with Crippen LogP contribution in [0, 0.1) is 17.2 Å². The van der Waals surface area contributed by atoms with E-state index in [-0.39, 0.29) is 16.9 Å². The number of carbonyl (C=O) groups excluding carboxylic acids is 1. The minimum absolute atomic E-state index is 0.230. The van der Waals surface area contributed by atoms with Crippen molar-refractivity contribution >= 4 is 11.7 Å². The third kappa shape index (κ3) is 3.71. The molecule has 1 amide bonds. The third-order valence-corrected chi connectivity index (χ3v) is 4.36. The van der Waals surface area contributed by atoms with E-state index < -0.39 is 5.82 Å². The molecule has 0 unspecified atom stereocenters. The van der Waals surface area contributed by atoms with Gasteiger partial charge in [0.25, 0.3) is 5.91 Å². The molecule has 1 aliphatic rings. The molecule has 0 radical (unpaired) electrons. The van der Waals surface area contributed by atoms with Crippen molar-refractivity contribution in [2.45, 2.75) is 40.0 Å². The average Bonchev–Trinajstić information content (AvgIpc) is 3.24. The Morgan fingerprint density at radius 3 is 2.76 bits per heavy atom. The highest BCUT2D eigenvalue weighted by atomic mass is 19.1. The van der Waals surface area contributed by atoms with E-state index in [1.807, 2.05) is 6.92 Å². The summed E-state index contributed by atoms with van der Waals surface area (Å²) in [5, 5.41) is 6.01. The Kier molecular flexibility index (Phi) is 4.80. The van der Waals surface area contributed by atoms with Gasteiger partial charge in [0.1, 0.15) is 11.6 Å². The van der Waals surface area contributed by atoms with Gasteiger partial charge in [0, 0.05) is 13.1 Å². The van der Waals surface area contributed by atoms with Crippen LogP contribution in [0.4, 0.5) is 10.2 Å². The zero-order valence-electron chi connectivity index (χ0n) is 13.0. The third-order valence-electron chi connectivity index (χ3n) is 4.36. The molecule has 1 aromatic rings. The van der Waals surface area contributed by atoms with Crippen molar-refractivity contribution in [1.82, 2.24) is 10.3 Å². The number of hydrogen-bond acceptors (Lipinski definition) is 3. The van der Waals surface area contributed by atoms with E-state index in [9.17, 15) is 9.18 Å². The Morgan fingerprint density at radius 1 is 1.48 bits per heavy atom. The summed E-state index contributed by atoms with van der Waals surface area (Å²) in [4.78, 5) is 16.3. The summed E-state index contributed by atoms with van der Waals surface area (Å²) in [6.07, 6.45) is 4.34. The first-order valence-corrected chi connectivity index (χ1v) is 7.66. The molecule has 1 fully saturated rings. The lowest BCUT2D eigenvalue weighted by molar-refractivity contribution is 0.0940. The number of hydrogen-bond donors (Lipinski definition) is 2. The fraction of sp³-hybridized carbons (Fsp3) is 0.625. The van der Waals surface area contributed by atoms with Gasteiger partial charge in [-0.25, -0.2) is 9.37 Å². The Morgan fingerprint density at radius 2 is 2.19 bits per heavy atom. The highest BCUT2D eigenvalue weighted by molar-refractivity contribution is 5.98. The minimum atomic E-state index is -0.493. The number of nitrogens with zero attached hydrogens (tertiary/aromatic N) is 1. The number of nitrogens with one attached hydrogen (secondary N) is 2. The van der Waals surface area contributed by atoms with E-state index in [1.165, 1.54) is 6.07 Å². The first-order chi connectivity index (χ1) is 9.98. The van der Waals surface area contributed by atoms with E-state index in [0.29, 0.717) is 24.8 Å². The van der Waals surface area contributed by atoms with Crippen molar-refractivity contribution in [3.8, 4) is 0 Å². The Labute approximate surface area is 125 Å². The number of amides is 1. The Balaban J connectivity index is 2.05. The molecular formula is C16H24FN3O. The maximum absolute atomic E-state index is 13.4. The van der Waals surface area contributed by atoms with Crippen molar-refractivity contribution in [3.05, 3.63) is 23.6 Å². The standard InChI is InChI=1S/C16H24FN3O/c1-4-7-18-14-13(8-12(17)9-19-14)15(21)20-10-16(5-6-16)11(2)3/h8-9,11H,4-7,10H2,1-3H3,(H,18,19)(H,20,21). The average molecular weight is 293 g/mol. The highest BCUT2D eigenvalue weighted by Crippen LogP contribution is 2.51. The van der Waals surface area contributed by atoms with Crippen LogP contribution in [-0.2, 0) is 0 Å². The summed E-state index contributed by atoms with van der Waals surface area (Å²) in [6, 6.07) is 1.25. The zero-order chi connectivity index (χ0) is 15.5. The van der Waals surface area contributed by atoms with Gasteiger partial charge < -0.3 is 10.6 Å². The zero-order valence-corrected chi connectivity index (χ0v) is 13.0. The summed E-state index contributed by atoms with van der Waals surface area (Å²) in [5.74, 6) is 0.242. The summed E-state index contributed by atoms with van der Waals surface area (Å²) in [5.41, 5.74) is 0.510. The molecule has 1 heterocycles. The van der Waals surface area contributed by atoms with Crippen molar-refractivity contribution < 1.29 is 9.18 Å². The molecule has 2 N–H and O–H groups in total. The van der Waals surface area contributed by atoms with Gasteiger partial charge in [-0.3, -0.25) is 4.79 Å². The number of halogens is 1. The number of pyridine rings is 1. The van der Waals surface area contributed by atoms with Crippen molar-refractivity contribution in [2.24, 2.45) is 11.3 Å². The highest BCUT2D eigenvalue weighted by Gasteiger charge is 2.45. The van der Waals surface area contributed by atoms with Crippen LogP contribution in [0.15, 0.2) is 12.3 Å². The maximum atomic E-state index is 13.4. The van der Waals surface area contributed by atoms with Crippen LogP contribution in [0.5, 0.6) is 0 Å². The van der Waals surface area contributed by atoms with Crippen molar-refractivity contribution in [1.29, 1.82) is 0 Å². The first kappa shape index (κ1) is 15.7. The molecule has 21 heavy (non-hydrogen) atoms. The Bertz CT molecular complexity index is 512. The molecule has 0 bridgehead atoms. The molecule has 116 valence electrons. The fourth-order valence-electron chi connectivity index (χ4n) is 2.47. The van der Waals surface area contributed by atoms with Gasteiger partial charge in [0.2, 0.25) is 0 Å². The largest absolute Gasteiger partial charge is 0.369 e. The van der Waals surface area contributed by atoms with E-state index >= 15 is 0 Å².